The maximum Gasteiger partial charge on any atom is 0.222 e. The van der Waals surface area contributed by atoms with Gasteiger partial charge in [-0.25, -0.2) is 0 Å². The normalized spacial score (nSPS) is 27.7. The first-order valence-electron chi connectivity index (χ1n) is 9.65. The second-order valence-corrected chi connectivity index (χ2v) is 8.22. The van der Waals surface area contributed by atoms with Gasteiger partial charge >= 0.3 is 0 Å². The molecule has 1 aromatic rings. The molecule has 5 nitrogen and oxygen atoms in total. The Morgan fingerprint density at radius 1 is 1.32 bits per heavy atom. The largest absolute Gasteiger partial charge is 0.497 e. The highest BCUT2D eigenvalue weighted by atomic mass is 16.5. The zero-order valence-corrected chi connectivity index (χ0v) is 15.2. The van der Waals surface area contributed by atoms with Crippen molar-refractivity contribution in [2.75, 3.05) is 33.3 Å². The summed E-state index contributed by atoms with van der Waals surface area (Å²) in [5.41, 5.74) is 1.36. The number of pyridine rings is 1. The minimum atomic E-state index is 0.292. The predicted octanol–water partition coefficient (Wildman–Crippen LogP) is 2.70. The van der Waals surface area contributed by atoms with Gasteiger partial charge < -0.3 is 9.64 Å². The Morgan fingerprint density at radius 2 is 2.20 bits per heavy atom. The van der Waals surface area contributed by atoms with Gasteiger partial charge in [0.15, 0.2) is 0 Å². The molecule has 3 aliphatic rings. The van der Waals surface area contributed by atoms with Crippen LogP contribution in [0.2, 0.25) is 0 Å². The molecule has 0 N–H and O–H groups in total. The quantitative estimate of drug-likeness (QED) is 0.825. The number of amides is 1. The average molecular weight is 343 g/mol. The highest BCUT2D eigenvalue weighted by Crippen LogP contribution is 2.41. The molecule has 0 aromatic carbocycles. The highest BCUT2D eigenvalue weighted by molar-refractivity contribution is 5.77. The minimum Gasteiger partial charge on any atom is -0.497 e. The molecule has 1 saturated carbocycles. The Balaban J connectivity index is 1.41. The zero-order valence-electron chi connectivity index (χ0n) is 15.2. The molecule has 4 rings (SSSR count). The highest BCUT2D eigenvalue weighted by Gasteiger charge is 2.42. The molecule has 3 fully saturated rings. The van der Waals surface area contributed by atoms with Gasteiger partial charge in [-0.3, -0.25) is 14.7 Å². The summed E-state index contributed by atoms with van der Waals surface area (Å²) in [6, 6.07) is 3.93. The Bertz CT molecular complexity index is 631. The van der Waals surface area contributed by atoms with Crippen molar-refractivity contribution in [1.82, 2.24) is 14.8 Å². The van der Waals surface area contributed by atoms with Crippen LogP contribution in [0.15, 0.2) is 18.3 Å². The van der Waals surface area contributed by atoms with Gasteiger partial charge in [-0.2, -0.15) is 0 Å². The molecule has 1 aromatic heterocycles. The van der Waals surface area contributed by atoms with E-state index in [1.54, 1.807) is 7.11 Å². The summed E-state index contributed by atoms with van der Waals surface area (Å²) >= 11 is 0. The van der Waals surface area contributed by atoms with Crippen molar-refractivity contribution in [3.05, 3.63) is 24.0 Å². The van der Waals surface area contributed by atoms with E-state index in [1.165, 1.54) is 25.7 Å². The molecule has 2 saturated heterocycles. The fourth-order valence-electron chi connectivity index (χ4n) is 4.56. The van der Waals surface area contributed by atoms with Gasteiger partial charge in [-0.05, 0) is 50.6 Å². The van der Waals surface area contributed by atoms with Crippen LogP contribution in [-0.4, -0.2) is 54.0 Å². The first kappa shape index (κ1) is 16.8. The van der Waals surface area contributed by atoms with E-state index in [0.717, 1.165) is 62.9 Å². The third-order valence-electron chi connectivity index (χ3n) is 6.07. The molecular weight excluding hydrogens is 314 g/mol. The standard InChI is InChI=1S/C20H29N3O2/c1-25-18-6-9-21-17(11-18)13-22-10-2-7-20(14-22)8-5-19(24)23(15-20)12-16-3-4-16/h6,9,11,16H,2-5,7-8,10,12-15H2,1H3. The average Bonchev–Trinajstić information content (AvgIpc) is 3.43. The van der Waals surface area contributed by atoms with Crippen molar-refractivity contribution in [3.8, 4) is 5.75 Å². The molecule has 3 heterocycles. The molecule has 0 radical (unpaired) electrons. The number of carbonyl (C=O) groups is 1. The van der Waals surface area contributed by atoms with Crippen LogP contribution < -0.4 is 4.74 Å². The van der Waals surface area contributed by atoms with Gasteiger partial charge in [0.1, 0.15) is 5.75 Å². The summed E-state index contributed by atoms with van der Waals surface area (Å²) in [6.07, 6.45) is 8.70. The molecule has 2 aliphatic heterocycles. The summed E-state index contributed by atoms with van der Waals surface area (Å²) in [7, 11) is 1.70. The number of methoxy groups -OCH3 is 1. The van der Waals surface area contributed by atoms with Crippen molar-refractivity contribution in [1.29, 1.82) is 0 Å². The molecule has 25 heavy (non-hydrogen) atoms. The number of hydrogen-bond acceptors (Lipinski definition) is 4. The Morgan fingerprint density at radius 3 is 3.00 bits per heavy atom. The monoisotopic (exact) mass is 343 g/mol. The van der Waals surface area contributed by atoms with Crippen molar-refractivity contribution in [3.63, 3.8) is 0 Å². The van der Waals surface area contributed by atoms with Crippen LogP contribution in [0, 0.1) is 11.3 Å². The summed E-state index contributed by atoms with van der Waals surface area (Å²) in [4.78, 5) is 21.5. The van der Waals surface area contributed by atoms with Crippen molar-refractivity contribution < 1.29 is 9.53 Å². The van der Waals surface area contributed by atoms with Crippen LogP contribution in [-0.2, 0) is 11.3 Å². The number of piperidine rings is 2. The van der Waals surface area contributed by atoms with E-state index in [9.17, 15) is 4.79 Å². The molecule has 1 aliphatic carbocycles. The van der Waals surface area contributed by atoms with Gasteiger partial charge in [-0.15, -0.1) is 0 Å². The first-order chi connectivity index (χ1) is 12.2. The minimum absolute atomic E-state index is 0.292. The van der Waals surface area contributed by atoms with Gasteiger partial charge in [0.05, 0.1) is 12.8 Å². The zero-order chi connectivity index (χ0) is 17.3. The Kier molecular flexibility index (Phi) is 4.67. The molecular formula is C20H29N3O2. The summed E-state index contributed by atoms with van der Waals surface area (Å²) < 4.78 is 5.32. The number of rotatable bonds is 5. The maximum atomic E-state index is 12.3. The lowest BCUT2D eigenvalue weighted by Crippen LogP contribution is -2.54. The van der Waals surface area contributed by atoms with Gasteiger partial charge in [0, 0.05) is 50.3 Å². The van der Waals surface area contributed by atoms with Gasteiger partial charge in [0.2, 0.25) is 5.91 Å². The lowest BCUT2D eigenvalue weighted by atomic mass is 9.73. The maximum absolute atomic E-state index is 12.3. The lowest BCUT2D eigenvalue weighted by molar-refractivity contribution is -0.139. The number of likely N-dealkylation sites (tertiary alicyclic amines) is 2. The lowest BCUT2D eigenvalue weighted by Gasteiger charge is -2.48. The van der Waals surface area contributed by atoms with E-state index >= 15 is 0 Å². The number of carbonyl (C=O) groups excluding carboxylic acids is 1. The van der Waals surface area contributed by atoms with E-state index < -0.39 is 0 Å². The number of aromatic nitrogens is 1. The predicted molar refractivity (Wildman–Crippen MR) is 96.3 cm³/mol. The molecule has 5 heteroatoms. The van der Waals surface area contributed by atoms with E-state index in [-0.39, 0.29) is 0 Å². The second kappa shape index (κ2) is 6.94. The molecule has 1 amide bonds. The van der Waals surface area contributed by atoms with E-state index in [0.29, 0.717) is 11.3 Å². The first-order valence-corrected chi connectivity index (χ1v) is 9.65. The third kappa shape index (κ3) is 3.97. The smallest absolute Gasteiger partial charge is 0.222 e. The van der Waals surface area contributed by atoms with Gasteiger partial charge in [0.25, 0.3) is 0 Å². The van der Waals surface area contributed by atoms with Crippen LogP contribution in [0.4, 0.5) is 0 Å². The van der Waals surface area contributed by atoms with Crippen molar-refractivity contribution >= 4 is 5.91 Å². The fraction of sp³-hybridized carbons (Fsp3) is 0.700. The molecule has 0 bridgehead atoms. The molecule has 1 unspecified atom stereocenters. The number of nitrogens with zero attached hydrogens (tertiary/aromatic N) is 3. The van der Waals surface area contributed by atoms with Crippen LogP contribution >= 0.6 is 0 Å². The molecule has 1 spiro atoms. The topological polar surface area (TPSA) is 45.7 Å². The third-order valence-corrected chi connectivity index (χ3v) is 6.07. The van der Waals surface area contributed by atoms with Gasteiger partial charge in [-0.1, -0.05) is 0 Å². The van der Waals surface area contributed by atoms with Crippen LogP contribution in [0.5, 0.6) is 5.75 Å². The van der Waals surface area contributed by atoms with Crippen LogP contribution in [0.25, 0.3) is 0 Å². The fourth-order valence-corrected chi connectivity index (χ4v) is 4.56. The molecule has 136 valence electrons. The Hall–Kier alpha value is -1.62. The molecule has 1 atom stereocenters. The van der Waals surface area contributed by atoms with E-state index in [1.807, 2.05) is 18.3 Å². The van der Waals surface area contributed by atoms with Crippen LogP contribution in [0.3, 0.4) is 0 Å². The van der Waals surface area contributed by atoms with Crippen molar-refractivity contribution in [2.45, 2.75) is 45.1 Å². The summed E-state index contributed by atoms with van der Waals surface area (Å²) in [5.74, 6) is 2.03. The van der Waals surface area contributed by atoms with Crippen molar-refractivity contribution in [2.24, 2.45) is 11.3 Å². The summed E-state index contributed by atoms with van der Waals surface area (Å²) in [5, 5.41) is 0. The van der Waals surface area contributed by atoms with E-state index in [2.05, 4.69) is 14.8 Å². The second-order valence-electron chi connectivity index (χ2n) is 8.22. The number of hydrogen-bond donors (Lipinski definition) is 0. The van der Waals surface area contributed by atoms with E-state index in [4.69, 9.17) is 4.74 Å². The number of ether oxygens (including phenoxy) is 1. The Labute approximate surface area is 150 Å². The van der Waals surface area contributed by atoms with Crippen LogP contribution in [0.1, 0.15) is 44.2 Å². The SMILES string of the molecule is COc1ccnc(CN2CCCC3(CCC(=O)N(CC4CC4)C3)C2)c1. The summed E-state index contributed by atoms with van der Waals surface area (Å²) in [6.45, 7) is 5.04.